The van der Waals surface area contributed by atoms with Crippen LogP contribution in [0.15, 0.2) is 42.7 Å². The van der Waals surface area contributed by atoms with Crippen LogP contribution in [0.4, 0.5) is 0 Å². The summed E-state index contributed by atoms with van der Waals surface area (Å²) in [4.78, 5) is 23.0. The maximum absolute atomic E-state index is 11.6. The van der Waals surface area contributed by atoms with Gasteiger partial charge in [0, 0.05) is 6.20 Å². The molecule has 0 aliphatic rings. The van der Waals surface area contributed by atoms with E-state index in [1.165, 1.54) is 17.1 Å². The van der Waals surface area contributed by atoms with E-state index in [-0.39, 0.29) is 12.2 Å². The van der Waals surface area contributed by atoms with Crippen molar-refractivity contribution in [3.8, 4) is 0 Å². The van der Waals surface area contributed by atoms with Gasteiger partial charge >= 0.3 is 11.9 Å². The molecule has 2 rings (SSSR count). The molecule has 0 aliphatic carbocycles. The van der Waals surface area contributed by atoms with Gasteiger partial charge in [-0.3, -0.25) is 4.68 Å². The minimum atomic E-state index is -1.05. The fourth-order valence-corrected chi connectivity index (χ4v) is 1.84. The van der Waals surface area contributed by atoms with Crippen molar-refractivity contribution >= 4 is 11.9 Å². The number of hydrogen-bond acceptors (Lipinski definition) is 4. The Bertz CT molecular complexity index is 607. The van der Waals surface area contributed by atoms with Gasteiger partial charge in [-0.2, -0.15) is 5.10 Å². The van der Waals surface area contributed by atoms with Crippen LogP contribution < -0.4 is 0 Å². The zero-order valence-corrected chi connectivity index (χ0v) is 10.9. The van der Waals surface area contributed by atoms with E-state index in [0.717, 1.165) is 0 Å². The first-order chi connectivity index (χ1) is 9.63. The molecular weight excluding hydrogens is 260 g/mol. The summed E-state index contributed by atoms with van der Waals surface area (Å²) in [5, 5.41) is 13.3. The number of carboxylic acid groups (broad SMARTS) is 1. The Labute approximate surface area is 115 Å². The second-order valence-corrected chi connectivity index (χ2v) is 4.08. The van der Waals surface area contributed by atoms with Crippen molar-refractivity contribution < 1.29 is 19.4 Å². The Morgan fingerprint density at radius 2 is 2.05 bits per heavy atom. The summed E-state index contributed by atoms with van der Waals surface area (Å²) in [5.41, 5.74) is 0.813. The van der Waals surface area contributed by atoms with Crippen molar-refractivity contribution in [2.45, 2.75) is 13.0 Å². The molecule has 0 radical (unpaired) electrons. The first-order valence-electron chi connectivity index (χ1n) is 6.12. The van der Waals surface area contributed by atoms with Gasteiger partial charge in [0.05, 0.1) is 18.4 Å². The van der Waals surface area contributed by atoms with E-state index in [1.807, 2.05) is 0 Å². The lowest BCUT2D eigenvalue weighted by Gasteiger charge is -2.12. The molecule has 0 amide bonds. The largest absolute Gasteiger partial charge is 0.479 e. The molecule has 0 bridgehead atoms. The van der Waals surface area contributed by atoms with E-state index in [0.29, 0.717) is 5.56 Å². The van der Waals surface area contributed by atoms with Crippen LogP contribution >= 0.6 is 0 Å². The minimum Gasteiger partial charge on any atom is -0.479 e. The van der Waals surface area contributed by atoms with Gasteiger partial charge in [0.15, 0.2) is 6.04 Å². The van der Waals surface area contributed by atoms with Gasteiger partial charge in [0.2, 0.25) is 0 Å². The molecule has 1 atom stereocenters. The second kappa shape index (κ2) is 6.01. The zero-order valence-electron chi connectivity index (χ0n) is 10.9. The third-order valence-corrected chi connectivity index (χ3v) is 2.73. The van der Waals surface area contributed by atoms with Gasteiger partial charge in [-0.25, -0.2) is 9.59 Å². The molecule has 1 N–H and O–H groups in total. The van der Waals surface area contributed by atoms with Crippen LogP contribution in [0, 0.1) is 0 Å². The van der Waals surface area contributed by atoms with E-state index < -0.39 is 18.0 Å². The van der Waals surface area contributed by atoms with Crippen LogP contribution in [0.3, 0.4) is 0 Å². The first kappa shape index (κ1) is 13.8. The summed E-state index contributed by atoms with van der Waals surface area (Å²) >= 11 is 0. The molecule has 0 saturated heterocycles. The summed E-state index contributed by atoms with van der Waals surface area (Å²) in [7, 11) is 0. The predicted octanol–water partition coefficient (Wildman–Crippen LogP) is 1.73. The van der Waals surface area contributed by atoms with E-state index in [2.05, 4.69) is 5.10 Å². The highest BCUT2D eigenvalue weighted by atomic mass is 16.5. The number of aromatic nitrogens is 2. The normalized spacial score (nSPS) is 11.8. The first-order valence-corrected chi connectivity index (χ1v) is 6.12. The van der Waals surface area contributed by atoms with Crippen LogP contribution in [-0.4, -0.2) is 33.4 Å². The van der Waals surface area contributed by atoms with Crippen LogP contribution in [0.5, 0.6) is 0 Å². The molecule has 20 heavy (non-hydrogen) atoms. The zero-order chi connectivity index (χ0) is 14.5. The summed E-state index contributed by atoms with van der Waals surface area (Å²) in [6.45, 7) is 1.96. The second-order valence-electron chi connectivity index (χ2n) is 4.08. The molecule has 0 saturated carbocycles. The Morgan fingerprint density at radius 3 is 2.65 bits per heavy atom. The Hall–Kier alpha value is -2.63. The number of carbonyl (C=O) groups excluding carboxylic acids is 1. The maximum atomic E-state index is 11.6. The summed E-state index contributed by atoms with van der Waals surface area (Å²) in [6, 6.07) is 7.73. The number of benzene rings is 1. The van der Waals surface area contributed by atoms with Crippen LogP contribution in [0.1, 0.15) is 28.9 Å². The highest BCUT2D eigenvalue weighted by Crippen LogP contribution is 2.18. The van der Waals surface area contributed by atoms with Gasteiger partial charge in [-0.1, -0.05) is 30.3 Å². The third-order valence-electron chi connectivity index (χ3n) is 2.73. The quantitative estimate of drug-likeness (QED) is 0.840. The number of carbonyl (C=O) groups is 2. The number of nitrogens with zero attached hydrogens (tertiary/aromatic N) is 2. The van der Waals surface area contributed by atoms with Gasteiger partial charge in [0.1, 0.15) is 0 Å². The lowest BCUT2D eigenvalue weighted by atomic mass is 10.1. The molecule has 1 unspecified atom stereocenters. The highest BCUT2D eigenvalue weighted by Gasteiger charge is 2.23. The van der Waals surface area contributed by atoms with Gasteiger partial charge in [-0.05, 0) is 12.5 Å². The molecule has 0 aliphatic heterocycles. The van der Waals surface area contributed by atoms with E-state index in [4.69, 9.17) is 4.74 Å². The van der Waals surface area contributed by atoms with Gasteiger partial charge < -0.3 is 9.84 Å². The van der Waals surface area contributed by atoms with Crippen molar-refractivity contribution in [2.75, 3.05) is 6.61 Å². The SMILES string of the molecule is CCOC(=O)c1cnn(C(C(=O)O)c2ccccc2)c1. The Kier molecular flexibility index (Phi) is 4.14. The van der Waals surface area contributed by atoms with Crippen molar-refractivity contribution in [1.29, 1.82) is 0 Å². The summed E-state index contributed by atoms with van der Waals surface area (Å²) in [5.74, 6) is -1.56. The molecular formula is C14H14N2O4. The van der Waals surface area contributed by atoms with Crippen molar-refractivity contribution in [1.82, 2.24) is 9.78 Å². The average Bonchev–Trinajstić information content (AvgIpc) is 2.89. The van der Waals surface area contributed by atoms with Gasteiger partial charge in [-0.15, -0.1) is 0 Å². The van der Waals surface area contributed by atoms with Crippen molar-refractivity contribution in [2.24, 2.45) is 0 Å². The number of esters is 1. The Balaban J connectivity index is 2.32. The number of carboxylic acids is 1. The van der Waals surface area contributed by atoms with E-state index >= 15 is 0 Å². The van der Waals surface area contributed by atoms with Crippen LogP contribution in [-0.2, 0) is 9.53 Å². The maximum Gasteiger partial charge on any atom is 0.341 e. The topological polar surface area (TPSA) is 81.4 Å². The highest BCUT2D eigenvalue weighted by molar-refractivity contribution is 5.89. The third kappa shape index (κ3) is 2.85. The molecule has 1 heterocycles. The average molecular weight is 274 g/mol. The van der Waals surface area contributed by atoms with Crippen molar-refractivity contribution in [3.05, 3.63) is 53.9 Å². The number of rotatable bonds is 5. The van der Waals surface area contributed by atoms with Crippen LogP contribution in [0.25, 0.3) is 0 Å². The fraction of sp³-hybridized carbons (Fsp3) is 0.214. The predicted molar refractivity (Wildman–Crippen MR) is 70.4 cm³/mol. The number of ether oxygens (including phenoxy) is 1. The summed E-state index contributed by atoms with van der Waals surface area (Å²) < 4.78 is 6.09. The molecule has 1 aromatic heterocycles. The molecule has 2 aromatic rings. The Morgan fingerprint density at radius 1 is 1.35 bits per heavy atom. The molecule has 1 aromatic carbocycles. The standard InChI is InChI=1S/C14H14N2O4/c1-2-20-14(19)11-8-15-16(9-11)12(13(17)18)10-6-4-3-5-7-10/h3-9,12H,2H2,1H3,(H,17,18). The monoisotopic (exact) mass is 274 g/mol. The van der Waals surface area contributed by atoms with Gasteiger partial charge in [0.25, 0.3) is 0 Å². The summed E-state index contributed by atoms with van der Waals surface area (Å²) in [6.07, 6.45) is 2.68. The van der Waals surface area contributed by atoms with E-state index in [1.54, 1.807) is 37.3 Å². The minimum absolute atomic E-state index is 0.231. The number of aliphatic carboxylic acids is 1. The van der Waals surface area contributed by atoms with Crippen LogP contribution in [0.2, 0.25) is 0 Å². The molecule has 0 spiro atoms. The molecule has 104 valence electrons. The number of hydrogen-bond donors (Lipinski definition) is 1. The smallest absolute Gasteiger partial charge is 0.341 e. The lowest BCUT2D eigenvalue weighted by Crippen LogP contribution is -2.20. The molecule has 6 heteroatoms. The molecule has 6 nitrogen and oxygen atoms in total. The lowest BCUT2D eigenvalue weighted by molar-refractivity contribution is -0.139. The van der Waals surface area contributed by atoms with Crippen molar-refractivity contribution in [3.63, 3.8) is 0 Å². The molecule has 0 fully saturated rings. The fourth-order valence-electron chi connectivity index (χ4n) is 1.84. The van der Waals surface area contributed by atoms with E-state index in [9.17, 15) is 14.7 Å².